The highest BCUT2D eigenvalue weighted by Gasteiger charge is 2.45. The highest BCUT2D eigenvalue weighted by Crippen LogP contribution is 2.39. The third-order valence-corrected chi connectivity index (χ3v) is 6.56. The minimum atomic E-state index is -1.88. The third-order valence-electron chi connectivity index (χ3n) is 6.56. The number of hydrogen-bond acceptors (Lipinski definition) is 7. The van der Waals surface area contributed by atoms with Gasteiger partial charge in [-0.1, -0.05) is 6.92 Å². The summed E-state index contributed by atoms with van der Waals surface area (Å²) in [4.78, 5) is 55.4. The molecule has 0 saturated carbocycles. The number of aliphatic hydroxyl groups is 1. The number of cyclic esters (lactones) is 1. The molecule has 2 amide bonds. The van der Waals surface area contributed by atoms with Gasteiger partial charge in [0.2, 0.25) is 0 Å². The summed E-state index contributed by atoms with van der Waals surface area (Å²) < 4.78 is 6.65. The van der Waals surface area contributed by atoms with Crippen LogP contribution in [0.2, 0.25) is 0 Å². The lowest BCUT2D eigenvalue weighted by Crippen LogP contribution is -2.44. The molecular formula is C24H17N3O6. The summed E-state index contributed by atoms with van der Waals surface area (Å²) in [5.41, 5.74) is 1.27. The predicted octanol–water partition coefficient (Wildman–Crippen LogP) is 1.51. The number of pyridine rings is 2. The smallest absolute Gasteiger partial charge is 0.343 e. The average Bonchev–Trinajstić information content (AvgIpc) is 3.34. The number of fused-ring (bicyclic) bond motifs is 5. The second-order valence-electron chi connectivity index (χ2n) is 8.32. The monoisotopic (exact) mass is 443 g/mol. The molecule has 0 aliphatic carbocycles. The Morgan fingerprint density at radius 2 is 1.85 bits per heavy atom. The van der Waals surface area contributed by atoms with Gasteiger partial charge in [0.1, 0.15) is 6.61 Å². The molecule has 164 valence electrons. The van der Waals surface area contributed by atoms with E-state index in [-0.39, 0.29) is 36.3 Å². The Kier molecular flexibility index (Phi) is 3.83. The molecule has 3 aliphatic heterocycles. The van der Waals surface area contributed by atoms with Crippen LogP contribution in [0.25, 0.3) is 22.3 Å². The maximum absolute atomic E-state index is 13.2. The predicted molar refractivity (Wildman–Crippen MR) is 116 cm³/mol. The molecule has 1 atom stereocenters. The van der Waals surface area contributed by atoms with Crippen LogP contribution in [0.3, 0.4) is 0 Å². The van der Waals surface area contributed by atoms with Crippen molar-refractivity contribution in [2.24, 2.45) is 0 Å². The summed E-state index contributed by atoms with van der Waals surface area (Å²) >= 11 is 0. The third kappa shape index (κ3) is 2.53. The van der Waals surface area contributed by atoms with E-state index >= 15 is 0 Å². The van der Waals surface area contributed by atoms with E-state index in [1.54, 1.807) is 35.8 Å². The van der Waals surface area contributed by atoms with Crippen molar-refractivity contribution in [2.75, 3.05) is 4.90 Å². The van der Waals surface area contributed by atoms with Crippen LogP contribution in [-0.2, 0) is 37.9 Å². The fraction of sp³-hybridized carbons (Fsp3) is 0.208. The van der Waals surface area contributed by atoms with Gasteiger partial charge in [0, 0.05) is 28.7 Å². The van der Waals surface area contributed by atoms with Crippen LogP contribution in [-0.4, -0.2) is 32.4 Å². The van der Waals surface area contributed by atoms with Gasteiger partial charge in [-0.2, -0.15) is 0 Å². The molecule has 1 N–H and O–H groups in total. The van der Waals surface area contributed by atoms with Crippen LogP contribution in [0.15, 0.2) is 47.3 Å². The Labute approximate surface area is 186 Å². The first-order chi connectivity index (χ1) is 15.8. The van der Waals surface area contributed by atoms with Crippen molar-refractivity contribution in [3.8, 4) is 11.4 Å². The Bertz CT molecular complexity index is 1520. The average molecular weight is 443 g/mol. The summed E-state index contributed by atoms with van der Waals surface area (Å²) in [6.45, 7) is 1.74. The lowest BCUT2D eigenvalue weighted by Gasteiger charge is -2.31. The largest absolute Gasteiger partial charge is 0.458 e. The van der Waals surface area contributed by atoms with Crippen LogP contribution >= 0.6 is 0 Å². The number of esters is 1. The van der Waals surface area contributed by atoms with Crippen molar-refractivity contribution in [2.45, 2.75) is 32.1 Å². The first kappa shape index (κ1) is 19.6. The van der Waals surface area contributed by atoms with Crippen LogP contribution < -0.4 is 10.5 Å². The molecule has 9 heteroatoms. The summed E-state index contributed by atoms with van der Waals surface area (Å²) in [5, 5.41) is 11.7. The SMILES string of the molecule is CCC1(O)C(=O)OCc2c1cc1n(c2=O)Cc2cc3cc(N4C(=O)C=CC4=O)ccc3nc2-1. The Morgan fingerprint density at radius 3 is 2.58 bits per heavy atom. The van der Waals surface area contributed by atoms with Crippen molar-refractivity contribution in [1.82, 2.24) is 9.55 Å². The Balaban J connectivity index is 1.51. The van der Waals surface area contributed by atoms with Gasteiger partial charge in [0.25, 0.3) is 17.4 Å². The van der Waals surface area contributed by atoms with Crippen LogP contribution in [0.4, 0.5) is 5.69 Å². The van der Waals surface area contributed by atoms with Gasteiger partial charge >= 0.3 is 5.97 Å². The van der Waals surface area contributed by atoms with Crippen LogP contribution in [0.5, 0.6) is 0 Å². The molecule has 0 fully saturated rings. The van der Waals surface area contributed by atoms with E-state index in [1.807, 2.05) is 6.07 Å². The number of rotatable bonds is 2. The molecule has 2 aromatic heterocycles. The highest BCUT2D eigenvalue weighted by molar-refractivity contribution is 6.28. The second kappa shape index (κ2) is 6.46. The van der Waals surface area contributed by atoms with Gasteiger partial charge < -0.3 is 14.4 Å². The minimum Gasteiger partial charge on any atom is -0.458 e. The molecule has 9 nitrogen and oxygen atoms in total. The van der Waals surface area contributed by atoms with E-state index in [1.165, 1.54) is 12.2 Å². The topological polar surface area (TPSA) is 119 Å². The molecule has 3 aliphatic rings. The van der Waals surface area contributed by atoms with Gasteiger partial charge in [-0.05, 0) is 36.8 Å². The van der Waals surface area contributed by atoms with E-state index in [0.717, 1.165) is 10.5 Å². The molecule has 0 bridgehead atoms. The maximum atomic E-state index is 13.2. The Morgan fingerprint density at radius 1 is 1.09 bits per heavy atom. The van der Waals surface area contributed by atoms with E-state index < -0.39 is 23.4 Å². The number of hydrogen-bond donors (Lipinski definition) is 1. The van der Waals surface area contributed by atoms with Gasteiger partial charge in [-0.3, -0.25) is 14.4 Å². The van der Waals surface area contributed by atoms with Crippen molar-refractivity contribution in [3.63, 3.8) is 0 Å². The number of aromatic nitrogens is 2. The molecule has 1 unspecified atom stereocenters. The fourth-order valence-electron chi connectivity index (χ4n) is 4.77. The quantitative estimate of drug-likeness (QED) is 0.368. The lowest BCUT2D eigenvalue weighted by molar-refractivity contribution is -0.172. The van der Waals surface area contributed by atoms with E-state index in [2.05, 4.69) is 0 Å². The maximum Gasteiger partial charge on any atom is 0.343 e. The van der Waals surface area contributed by atoms with Gasteiger partial charge in [-0.15, -0.1) is 0 Å². The molecule has 33 heavy (non-hydrogen) atoms. The molecule has 0 saturated heterocycles. The van der Waals surface area contributed by atoms with E-state index in [4.69, 9.17) is 9.72 Å². The summed E-state index contributed by atoms with van der Waals surface area (Å²) in [6, 6.07) is 8.60. The number of amides is 2. The van der Waals surface area contributed by atoms with Crippen molar-refractivity contribution < 1.29 is 24.2 Å². The molecule has 5 heterocycles. The molecule has 0 radical (unpaired) electrons. The number of carbonyl (C=O) groups is 3. The first-order valence-electron chi connectivity index (χ1n) is 10.5. The van der Waals surface area contributed by atoms with Gasteiger partial charge in [-0.25, -0.2) is 14.7 Å². The number of ether oxygens (including phenoxy) is 1. The van der Waals surface area contributed by atoms with Crippen LogP contribution in [0.1, 0.15) is 30.0 Å². The number of imide groups is 1. The number of anilines is 1. The highest BCUT2D eigenvalue weighted by atomic mass is 16.6. The molecule has 0 spiro atoms. The van der Waals surface area contributed by atoms with Crippen molar-refractivity contribution >= 4 is 34.4 Å². The normalized spacial score (nSPS) is 20.8. The number of nitrogens with zero attached hydrogens (tertiary/aromatic N) is 3. The first-order valence-corrected chi connectivity index (χ1v) is 10.5. The van der Waals surface area contributed by atoms with Crippen LogP contribution in [0, 0.1) is 0 Å². The number of benzene rings is 1. The minimum absolute atomic E-state index is 0.0747. The lowest BCUT2D eigenvalue weighted by atomic mass is 9.86. The van der Waals surface area contributed by atoms with E-state index in [9.17, 15) is 24.3 Å². The zero-order valence-electron chi connectivity index (χ0n) is 17.5. The van der Waals surface area contributed by atoms with E-state index in [0.29, 0.717) is 28.0 Å². The summed E-state index contributed by atoms with van der Waals surface area (Å²) in [7, 11) is 0. The summed E-state index contributed by atoms with van der Waals surface area (Å²) in [6.07, 6.45) is 2.53. The molecule has 6 rings (SSSR count). The summed E-state index contributed by atoms with van der Waals surface area (Å²) in [5.74, 6) is -1.57. The fourth-order valence-corrected chi connectivity index (χ4v) is 4.77. The molecular weight excluding hydrogens is 426 g/mol. The zero-order valence-corrected chi connectivity index (χ0v) is 17.5. The zero-order chi connectivity index (χ0) is 23.1. The number of carbonyl (C=O) groups excluding carboxylic acids is 3. The van der Waals surface area contributed by atoms with Gasteiger partial charge in [0.05, 0.1) is 34.7 Å². The second-order valence-corrected chi connectivity index (χ2v) is 8.32. The van der Waals surface area contributed by atoms with Crippen molar-refractivity contribution in [1.29, 1.82) is 0 Å². The van der Waals surface area contributed by atoms with Gasteiger partial charge in [0.15, 0.2) is 5.60 Å². The standard InChI is InChI=1S/C24H17N3O6/c1-2-24(32)16-9-18-21-13(10-26(18)22(30)15(16)11-33-23(24)31)7-12-8-14(3-4-17(12)25-21)27-19(28)5-6-20(27)29/h3-9,32H,2,10-11H2,1H3. The van der Waals surface area contributed by atoms with Crippen molar-refractivity contribution in [3.05, 3.63) is 69.5 Å². The molecule has 3 aromatic rings. The Hall–Kier alpha value is -4.11. The molecule has 1 aromatic carbocycles.